The van der Waals surface area contributed by atoms with Crippen molar-refractivity contribution in [3.63, 3.8) is 0 Å². The Morgan fingerprint density at radius 3 is 2.45 bits per heavy atom. The first-order chi connectivity index (χ1) is 9.67. The zero-order valence-electron chi connectivity index (χ0n) is 11.9. The van der Waals surface area contributed by atoms with Crippen molar-refractivity contribution in [3.8, 4) is 0 Å². The maximum Gasteiger partial charge on any atom is 0.345 e. The van der Waals surface area contributed by atoms with Crippen LogP contribution in [0.5, 0.6) is 0 Å². The Morgan fingerprint density at radius 2 is 1.95 bits per heavy atom. The predicted molar refractivity (Wildman–Crippen MR) is 73.6 cm³/mol. The molecule has 3 rings (SSSR count). The molecule has 0 unspecified atom stereocenters. The van der Waals surface area contributed by atoms with Crippen LogP contribution in [0.25, 0.3) is 0 Å². The van der Waals surface area contributed by atoms with E-state index in [1.807, 2.05) is 13.8 Å². The highest BCUT2D eigenvalue weighted by molar-refractivity contribution is 4.91. The van der Waals surface area contributed by atoms with E-state index in [0.717, 1.165) is 25.2 Å². The Balaban J connectivity index is 0.000000160. The molecule has 0 spiro atoms. The molecule has 2 aromatic heterocycles. The van der Waals surface area contributed by atoms with Crippen molar-refractivity contribution in [1.82, 2.24) is 29.1 Å². The van der Waals surface area contributed by atoms with Crippen molar-refractivity contribution in [2.24, 2.45) is 0 Å². The lowest BCUT2D eigenvalue weighted by Crippen LogP contribution is -2.26. The first kappa shape index (κ1) is 14.3. The van der Waals surface area contributed by atoms with Gasteiger partial charge >= 0.3 is 11.4 Å². The van der Waals surface area contributed by atoms with Gasteiger partial charge in [-0.3, -0.25) is 9.55 Å². The summed E-state index contributed by atoms with van der Waals surface area (Å²) in [4.78, 5) is 24.4. The molecular weight excluding hydrogens is 260 g/mol. The van der Waals surface area contributed by atoms with Gasteiger partial charge in [0.2, 0.25) is 0 Å². The molecule has 0 bridgehead atoms. The van der Waals surface area contributed by atoms with Gasteiger partial charge in [-0.25, -0.2) is 19.0 Å². The van der Waals surface area contributed by atoms with Crippen molar-refractivity contribution in [2.45, 2.75) is 52.7 Å². The van der Waals surface area contributed by atoms with Crippen LogP contribution < -0.4 is 11.4 Å². The second kappa shape index (κ2) is 6.36. The Bertz CT molecular complexity index is 662. The van der Waals surface area contributed by atoms with E-state index < -0.39 is 0 Å². The van der Waals surface area contributed by atoms with Crippen molar-refractivity contribution in [3.05, 3.63) is 33.1 Å². The van der Waals surface area contributed by atoms with Gasteiger partial charge in [0.05, 0.1) is 0 Å². The van der Waals surface area contributed by atoms with Gasteiger partial charge in [0.1, 0.15) is 12.2 Å². The maximum atomic E-state index is 11.5. The van der Waals surface area contributed by atoms with Crippen molar-refractivity contribution in [2.75, 3.05) is 0 Å². The van der Waals surface area contributed by atoms with Crippen LogP contribution in [0.15, 0.2) is 15.9 Å². The molecule has 3 heterocycles. The summed E-state index contributed by atoms with van der Waals surface area (Å²) in [6, 6.07) is 0. The lowest BCUT2D eigenvalue weighted by molar-refractivity contribution is 0.511. The molecule has 8 heteroatoms. The summed E-state index contributed by atoms with van der Waals surface area (Å²) in [6.07, 6.45) is 4.62. The summed E-state index contributed by atoms with van der Waals surface area (Å²) < 4.78 is 4.69. The molecule has 0 amide bonds. The molecule has 8 nitrogen and oxygen atoms in total. The standard InChI is InChI=1S/C8H13N3O.C4H7N3O/c1-2-11-8(12)10-6-4-3-5-7(10)9-11;1-2-7-4(8)5-3-6-7/h2-6H2,1H3;3H,2H2,1H3,(H,5,6,8). The van der Waals surface area contributed by atoms with E-state index in [1.54, 1.807) is 9.25 Å². The van der Waals surface area contributed by atoms with E-state index in [0.29, 0.717) is 13.1 Å². The first-order valence-electron chi connectivity index (χ1n) is 6.94. The lowest BCUT2D eigenvalue weighted by atomic mass is 10.2. The maximum absolute atomic E-state index is 11.5. The summed E-state index contributed by atoms with van der Waals surface area (Å²) in [7, 11) is 0. The molecule has 0 aliphatic carbocycles. The molecule has 2 aromatic rings. The molecule has 110 valence electrons. The summed E-state index contributed by atoms with van der Waals surface area (Å²) in [6.45, 7) is 5.97. The Morgan fingerprint density at radius 1 is 1.20 bits per heavy atom. The third-order valence-electron chi connectivity index (χ3n) is 3.25. The van der Waals surface area contributed by atoms with Crippen LogP contribution in [-0.2, 0) is 26.1 Å². The monoisotopic (exact) mass is 280 g/mol. The number of H-pyrrole nitrogens is 1. The summed E-state index contributed by atoms with van der Waals surface area (Å²) in [5.74, 6) is 0.966. The smallest absolute Gasteiger partial charge is 0.295 e. The highest BCUT2D eigenvalue weighted by atomic mass is 16.2. The van der Waals surface area contributed by atoms with Crippen LogP contribution in [0.3, 0.4) is 0 Å². The van der Waals surface area contributed by atoms with Crippen molar-refractivity contribution < 1.29 is 0 Å². The first-order valence-corrected chi connectivity index (χ1v) is 6.94. The van der Waals surface area contributed by atoms with Gasteiger partial charge in [0.15, 0.2) is 0 Å². The lowest BCUT2D eigenvalue weighted by Gasteiger charge is -2.09. The number of nitrogens with one attached hydrogen (secondary N) is 1. The zero-order valence-corrected chi connectivity index (χ0v) is 11.9. The van der Waals surface area contributed by atoms with Gasteiger partial charge in [-0.05, 0) is 26.7 Å². The number of nitrogens with zero attached hydrogens (tertiary/aromatic N) is 5. The average Bonchev–Trinajstić information content (AvgIpc) is 3.03. The minimum Gasteiger partial charge on any atom is -0.295 e. The molecule has 1 N–H and O–H groups in total. The van der Waals surface area contributed by atoms with Crippen molar-refractivity contribution in [1.29, 1.82) is 0 Å². The van der Waals surface area contributed by atoms with Crippen LogP contribution in [0.1, 0.15) is 32.5 Å². The molecule has 0 aromatic carbocycles. The fourth-order valence-corrected chi connectivity index (χ4v) is 2.16. The van der Waals surface area contributed by atoms with E-state index in [-0.39, 0.29) is 11.4 Å². The van der Waals surface area contributed by atoms with Crippen LogP contribution in [-0.4, -0.2) is 29.1 Å². The number of hydrogen-bond donors (Lipinski definition) is 1. The number of aromatic nitrogens is 6. The van der Waals surface area contributed by atoms with E-state index in [9.17, 15) is 9.59 Å². The molecule has 1 aliphatic heterocycles. The fraction of sp³-hybridized carbons (Fsp3) is 0.667. The summed E-state index contributed by atoms with van der Waals surface area (Å²) in [5, 5.41) is 7.92. The zero-order chi connectivity index (χ0) is 14.5. The number of aryl methyl sites for hydroxylation is 3. The average molecular weight is 280 g/mol. The Labute approximate surface area is 116 Å². The van der Waals surface area contributed by atoms with Gasteiger partial charge in [-0.15, -0.1) is 0 Å². The van der Waals surface area contributed by atoms with E-state index in [4.69, 9.17) is 0 Å². The van der Waals surface area contributed by atoms with E-state index in [2.05, 4.69) is 15.2 Å². The van der Waals surface area contributed by atoms with E-state index in [1.165, 1.54) is 17.4 Å². The van der Waals surface area contributed by atoms with Crippen LogP contribution in [0, 0.1) is 0 Å². The number of fused-ring (bicyclic) bond motifs is 1. The predicted octanol–water partition coefficient (Wildman–Crippen LogP) is -0.00770. The normalized spacial score (nSPS) is 13.5. The molecule has 20 heavy (non-hydrogen) atoms. The topological polar surface area (TPSA) is 90.5 Å². The molecule has 0 saturated carbocycles. The molecule has 0 atom stereocenters. The number of aromatic amines is 1. The SMILES string of the molecule is CCn1nc2n(c1=O)CCCC2.CCn1nc[nH]c1=O. The molecule has 1 aliphatic rings. The molecule has 0 fully saturated rings. The van der Waals surface area contributed by atoms with Crippen LogP contribution in [0.2, 0.25) is 0 Å². The van der Waals surface area contributed by atoms with Gasteiger partial charge in [-0.2, -0.15) is 10.2 Å². The van der Waals surface area contributed by atoms with Gasteiger partial charge in [-0.1, -0.05) is 0 Å². The second-order valence-electron chi connectivity index (χ2n) is 4.53. The third kappa shape index (κ3) is 2.89. The Kier molecular flexibility index (Phi) is 4.54. The minimum atomic E-state index is -0.146. The summed E-state index contributed by atoms with van der Waals surface area (Å²) >= 11 is 0. The summed E-state index contributed by atoms with van der Waals surface area (Å²) in [5.41, 5.74) is -0.0836. The van der Waals surface area contributed by atoms with Gasteiger partial charge < -0.3 is 0 Å². The second-order valence-corrected chi connectivity index (χ2v) is 4.53. The quantitative estimate of drug-likeness (QED) is 0.838. The largest absolute Gasteiger partial charge is 0.345 e. The fourth-order valence-electron chi connectivity index (χ4n) is 2.16. The van der Waals surface area contributed by atoms with E-state index >= 15 is 0 Å². The molecule has 0 radical (unpaired) electrons. The van der Waals surface area contributed by atoms with Gasteiger partial charge in [0.25, 0.3) is 0 Å². The third-order valence-corrected chi connectivity index (χ3v) is 3.25. The molecule has 0 saturated heterocycles. The highest BCUT2D eigenvalue weighted by Gasteiger charge is 2.15. The van der Waals surface area contributed by atoms with Crippen molar-refractivity contribution >= 4 is 0 Å². The van der Waals surface area contributed by atoms with Gasteiger partial charge in [0, 0.05) is 26.1 Å². The van der Waals surface area contributed by atoms with Crippen LogP contribution in [0.4, 0.5) is 0 Å². The number of hydrogen-bond acceptors (Lipinski definition) is 4. The molecular formula is C12H20N6O2. The van der Waals surface area contributed by atoms with Crippen LogP contribution >= 0.6 is 0 Å². The minimum absolute atomic E-state index is 0.0622. The number of rotatable bonds is 2. The Hall–Kier alpha value is -2.12. The highest BCUT2D eigenvalue weighted by Crippen LogP contribution is 2.08.